The van der Waals surface area contributed by atoms with Gasteiger partial charge in [0, 0.05) is 29.2 Å². The van der Waals surface area contributed by atoms with Gasteiger partial charge in [-0.3, -0.25) is 0 Å². The Morgan fingerprint density at radius 1 is 0.962 bits per heavy atom. The van der Waals surface area contributed by atoms with Crippen LogP contribution in [0.25, 0.3) is 22.3 Å². The molecular weight excluding hydrogens is 415 g/mol. The second-order valence-corrected chi connectivity index (χ2v) is 7.44. The van der Waals surface area contributed by atoms with Gasteiger partial charge < -0.3 is 9.60 Å². The summed E-state index contributed by atoms with van der Waals surface area (Å²) < 4.78 is 3.31. The average molecular weight is 436 g/mol. The number of rotatable bonds is 4. The molecule has 0 amide bonds. The molecule has 0 unspecified atom stereocenters. The molecule has 0 atom stereocenters. The molecular formula is C21H21BrClFN2. The zero-order valence-electron chi connectivity index (χ0n) is 15.0. The normalized spacial score (nSPS) is 10.3. The number of hydrogen-bond acceptors (Lipinski definition) is 1. The van der Waals surface area contributed by atoms with Crippen molar-refractivity contribution in [1.82, 2.24) is 0 Å². The number of aromatic nitrogens is 1. The summed E-state index contributed by atoms with van der Waals surface area (Å²) in [5, 5.41) is 0.747. The number of nitrogens with zero attached hydrogens (tertiary/aromatic N) is 2. The van der Waals surface area contributed by atoms with E-state index < -0.39 is 0 Å². The molecule has 0 N–H and O–H groups in total. The fraction of sp³-hybridized carbons (Fsp3) is 0.190. The van der Waals surface area contributed by atoms with Crippen LogP contribution < -0.4 is 14.2 Å². The third kappa shape index (κ3) is 4.08. The van der Waals surface area contributed by atoms with E-state index in [1.807, 2.05) is 24.3 Å². The van der Waals surface area contributed by atoms with Gasteiger partial charge in [-0.05, 0) is 30.7 Å². The van der Waals surface area contributed by atoms with Crippen molar-refractivity contribution >= 4 is 33.2 Å². The van der Waals surface area contributed by atoms with E-state index in [2.05, 4.69) is 83.1 Å². The summed E-state index contributed by atoms with van der Waals surface area (Å²) >= 11 is 9.96. The van der Waals surface area contributed by atoms with E-state index in [0.29, 0.717) is 0 Å². The van der Waals surface area contributed by atoms with Crippen LogP contribution in [0.1, 0.15) is 6.92 Å². The van der Waals surface area contributed by atoms with Gasteiger partial charge in [0.1, 0.15) is 6.54 Å². The van der Waals surface area contributed by atoms with Crippen LogP contribution in [-0.4, -0.2) is 14.1 Å². The Hall–Kier alpha value is -1.91. The Kier molecular flexibility index (Phi) is 6.79. The second kappa shape index (κ2) is 8.65. The Morgan fingerprint density at radius 2 is 1.65 bits per heavy atom. The summed E-state index contributed by atoms with van der Waals surface area (Å²) in [5.74, 6) is 0. The van der Waals surface area contributed by atoms with E-state index in [1.165, 1.54) is 22.4 Å². The molecule has 0 saturated carbocycles. The molecule has 0 saturated heterocycles. The van der Waals surface area contributed by atoms with Crippen molar-refractivity contribution in [2.24, 2.45) is 0 Å². The first-order valence-corrected chi connectivity index (χ1v) is 9.43. The Balaban J connectivity index is 0.00000243. The van der Waals surface area contributed by atoms with Gasteiger partial charge in [-0.2, -0.15) is 0 Å². The summed E-state index contributed by atoms with van der Waals surface area (Å²) in [6, 6.07) is 16.4. The third-order valence-electron chi connectivity index (χ3n) is 4.21. The van der Waals surface area contributed by atoms with E-state index >= 15 is 0 Å². The lowest BCUT2D eigenvalue weighted by Crippen LogP contribution is -3.00. The highest BCUT2D eigenvalue weighted by molar-refractivity contribution is 9.10. The van der Waals surface area contributed by atoms with Crippen molar-refractivity contribution < 1.29 is 9.27 Å². The first-order chi connectivity index (χ1) is 12.0. The summed E-state index contributed by atoms with van der Waals surface area (Å²) in [4.78, 5) is 2.17. The van der Waals surface area contributed by atoms with Crippen molar-refractivity contribution in [3.63, 3.8) is 0 Å². The van der Waals surface area contributed by atoms with Crippen molar-refractivity contribution in [3.8, 4) is 22.3 Å². The lowest BCUT2D eigenvalue weighted by molar-refractivity contribution is -0.692. The van der Waals surface area contributed by atoms with Crippen LogP contribution in [0.4, 0.5) is 5.69 Å². The predicted octanol–water partition coefficient (Wildman–Crippen LogP) is 2.81. The van der Waals surface area contributed by atoms with Gasteiger partial charge in [0.05, 0.1) is 16.8 Å². The Bertz CT molecular complexity index is 912. The highest BCUT2D eigenvalue weighted by atomic mass is 79.9. The molecule has 0 radical (unpaired) electrons. The van der Waals surface area contributed by atoms with Gasteiger partial charge in [-0.25, -0.2) is 4.57 Å². The van der Waals surface area contributed by atoms with Gasteiger partial charge in [0.25, 0.3) is 0 Å². The number of halogens is 3. The Labute approximate surface area is 167 Å². The number of anilines is 1. The number of pyridine rings is 1. The van der Waals surface area contributed by atoms with E-state index in [4.69, 9.17) is 11.6 Å². The fourth-order valence-electron chi connectivity index (χ4n) is 3.04. The predicted molar refractivity (Wildman–Crippen MR) is 110 cm³/mol. The minimum atomic E-state index is 0. The lowest BCUT2D eigenvalue weighted by atomic mass is 9.98. The maximum atomic E-state index is 6.25. The van der Waals surface area contributed by atoms with Gasteiger partial charge in [-0.15, -0.1) is 0 Å². The van der Waals surface area contributed by atoms with Crippen molar-refractivity contribution in [2.45, 2.75) is 13.5 Å². The topological polar surface area (TPSA) is 7.12 Å². The number of hydrogen-bond donors (Lipinski definition) is 0. The summed E-state index contributed by atoms with van der Waals surface area (Å²) in [6.45, 7) is 3.06. The summed E-state index contributed by atoms with van der Waals surface area (Å²) in [7, 11) is 4.17. The van der Waals surface area contributed by atoms with Gasteiger partial charge >= 0.3 is 0 Å². The van der Waals surface area contributed by atoms with E-state index in [1.54, 1.807) is 0 Å². The zero-order chi connectivity index (χ0) is 18.0. The molecule has 0 aliphatic heterocycles. The summed E-state index contributed by atoms with van der Waals surface area (Å²) in [6.07, 6.45) is 4.41. The smallest absolute Gasteiger partial charge is 0.178 e. The van der Waals surface area contributed by atoms with Crippen molar-refractivity contribution in [3.05, 3.63) is 70.4 Å². The largest absolute Gasteiger partial charge is 1.00 e. The van der Waals surface area contributed by atoms with E-state index in [-0.39, 0.29) is 4.70 Å². The molecule has 2 nitrogen and oxygen atoms in total. The fourth-order valence-corrected chi connectivity index (χ4v) is 3.73. The molecule has 3 aromatic rings. The molecule has 0 aliphatic carbocycles. The zero-order valence-corrected chi connectivity index (χ0v) is 17.4. The standard InChI is InChI=1S/C21H21BrClN2.FH/c1-4-25-13-18(15-8-7-9-16(23)12-15)21(24(2)3)19(14-25)17-10-5-6-11-20(17)22;/h5-14H,4H2,1-3H3;1H/q+1;/p-1. The average Bonchev–Trinajstić information content (AvgIpc) is 2.61. The van der Waals surface area contributed by atoms with Crippen LogP contribution in [0.5, 0.6) is 0 Å². The monoisotopic (exact) mass is 434 g/mol. The van der Waals surface area contributed by atoms with E-state index in [0.717, 1.165) is 21.6 Å². The highest BCUT2D eigenvalue weighted by Crippen LogP contribution is 2.40. The number of aryl methyl sites for hydroxylation is 1. The van der Waals surface area contributed by atoms with E-state index in [9.17, 15) is 0 Å². The molecule has 5 heteroatoms. The number of benzene rings is 2. The van der Waals surface area contributed by atoms with Crippen LogP contribution in [0.2, 0.25) is 5.02 Å². The molecule has 1 heterocycles. The molecule has 0 bridgehead atoms. The summed E-state index contributed by atoms with van der Waals surface area (Å²) in [5.41, 5.74) is 5.84. The van der Waals surface area contributed by atoms with Gasteiger partial charge in [0.2, 0.25) is 0 Å². The highest BCUT2D eigenvalue weighted by Gasteiger charge is 2.21. The lowest BCUT2D eigenvalue weighted by Gasteiger charge is -2.21. The first kappa shape index (κ1) is 20.4. The quantitative estimate of drug-likeness (QED) is 0.572. The van der Waals surface area contributed by atoms with Gasteiger partial charge in [-0.1, -0.05) is 57.9 Å². The minimum absolute atomic E-state index is 0. The second-order valence-electron chi connectivity index (χ2n) is 6.15. The minimum Gasteiger partial charge on any atom is -1.00 e. The van der Waals surface area contributed by atoms with Crippen LogP contribution in [-0.2, 0) is 6.54 Å². The molecule has 2 aromatic carbocycles. The molecule has 0 fully saturated rings. The van der Waals surface area contributed by atoms with Crippen LogP contribution in [0, 0.1) is 0 Å². The maximum absolute atomic E-state index is 6.25. The Morgan fingerprint density at radius 3 is 2.27 bits per heavy atom. The van der Waals surface area contributed by atoms with Crippen LogP contribution in [0.3, 0.4) is 0 Å². The first-order valence-electron chi connectivity index (χ1n) is 8.26. The van der Waals surface area contributed by atoms with Crippen LogP contribution >= 0.6 is 27.5 Å². The molecule has 3 rings (SSSR count). The maximum Gasteiger partial charge on any atom is 0.178 e. The molecule has 136 valence electrons. The third-order valence-corrected chi connectivity index (χ3v) is 5.14. The van der Waals surface area contributed by atoms with Gasteiger partial charge in [0.15, 0.2) is 12.4 Å². The SMILES string of the molecule is CC[n+]1cc(-c2cccc(Cl)c2)c(N(C)C)c(-c2ccccc2Br)c1.[F-]. The van der Waals surface area contributed by atoms with Crippen molar-refractivity contribution in [2.75, 3.05) is 19.0 Å². The molecule has 0 spiro atoms. The molecule has 26 heavy (non-hydrogen) atoms. The molecule has 0 aliphatic rings. The van der Waals surface area contributed by atoms with Crippen LogP contribution in [0.15, 0.2) is 65.4 Å². The van der Waals surface area contributed by atoms with Crippen molar-refractivity contribution in [1.29, 1.82) is 0 Å². The molecule has 1 aromatic heterocycles.